The van der Waals surface area contributed by atoms with Crippen LogP contribution in [-0.4, -0.2) is 96.0 Å². The molecule has 204 valence electrons. The van der Waals surface area contributed by atoms with E-state index in [1.165, 1.54) is 50.2 Å². The summed E-state index contributed by atoms with van der Waals surface area (Å²) in [7, 11) is 0. The second-order valence-electron chi connectivity index (χ2n) is 9.18. The van der Waals surface area contributed by atoms with Crippen LogP contribution >= 0.6 is 0 Å². The Kier molecular flexibility index (Phi) is 10.4. The number of hydrogen-bond acceptors (Lipinski definition) is 10. The standard InChI is InChI=1S/C28H34N2O8/c1-19(31)21-7-3-9-23(25(21)33)27(35)37-17-5-11-29-13-15-30(16-14-29)12-6-18-38-28(36)24-10-4-8-22(20(2)32)26(24)34/h3-4,7-10,33-34H,5-6,11-18H2,1-2H3. The van der Waals surface area contributed by atoms with Crippen molar-refractivity contribution in [1.82, 2.24) is 9.80 Å². The van der Waals surface area contributed by atoms with Gasteiger partial charge in [0.2, 0.25) is 0 Å². The number of hydrogen-bond donors (Lipinski definition) is 2. The molecule has 10 heteroatoms. The van der Waals surface area contributed by atoms with Gasteiger partial charge in [-0.2, -0.15) is 0 Å². The summed E-state index contributed by atoms with van der Waals surface area (Å²) in [5.74, 6) is -2.66. The number of para-hydroxylation sites is 2. The van der Waals surface area contributed by atoms with E-state index in [0.717, 1.165) is 39.3 Å². The van der Waals surface area contributed by atoms with Crippen LogP contribution in [-0.2, 0) is 9.47 Å². The third kappa shape index (κ3) is 7.62. The van der Waals surface area contributed by atoms with E-state index in [4.69, 9.17) is 9.47 Å². The van der Waals surface area contributed by atoms with Gasteiger partial charge in [0.05, 0.1) is 24.3 Å². The summed E-state index contributed by atoms with van der Waals surface area (Å²) in [6.07, 6.45) is 1.29. The number of phenolic OH excluding ortho intramolecular Hbond substituents is 2. The number of Topliss-reactive ketones (excluding diaryl/α,β-unsaturated/α-hetero) is 2. The summed E-state index contributed by atoms with van der Waals surface area (Å²) < 4.78 is 10.6. The molecule has 38 heavy (non-hydrogen) atoms. The van der Waals surface area contributed by atoms with E-state index in [1.807, 2.05) is 0 Å². The number of carbonyl (C=O) groups is 4. The molecule has 1 heterocycles. The van der Waals surface area contributed by atoms with Crippen LogP contribution in [0.25, 0.3) is 0 Å². The minimum Gasteiger partial charge on any atom is -0.506 e. The van der Waals surface area contributed by atoms with Gasteiger partial charge < -0.3 is 29.5 Å². The quantitative estimate of drug-likeness (QED) is 0.242. The van der Waals surface area contributed by atoms with Gasteiger partial charge in [-0.15, -0.1) is 0 Å². The molecule has 0 atom stereocenters. The highest BCUT2D eigenvalue weighted by Crippen LogP contribution is 2.24. The van der Waals surface area contributed by atoms with E-state index in [-0.39, 0.29) is 58.5 Å². The fourth-order valence-electron chi connectivity index (χ4n) is 4.28. The van der Waals surface area contributed by atoms with Crippen LogP contribution in [0, 0.1) is 0 Å². The zero-order chi connectivity index (χ0) is 27.7. The molecule has 1 saturated heterocycles. The molecule has 0 aliphatic carbocycles. The number of rotatable bonds is 12. The summed E-state index contributed by atoms with van der Waals surface area (Å²) >= 11 is 0. The second-order valence-corrected chi connectivity index (χ2v) is 9.18. The average molecular weight is 527 g/mol. The lowest BCUT2D eigenvalue weighted by molar-refractivity contribution is 0.0444. The average Bonchev–Trinajstić information content (AvgIpc) is 2.89. The molecule has 0 saturated carbocycles. The Morgan fingerprint density at radius 3 is 1.34 bits per heavy atom. The Bertz CT molecular complexity index is 1080. The lowest BCUT2D eigenvalue weighted by Crippen LogP contribution is -2.47. The van der Waals surface area contributed by atoms with Crippen LogP contribution in [0.5, 0.6) is 11.5 Å². The van der Waals surface area contributed by atoms with Gasteiger partial charge in [-0.3, -0.25) is 9.59 Å². The molecule has 1 fully saturated rings. The number of piperazine rings is 1. The van der Waals surface area contributed by atoms with Gasteiger partial charge in [-0.05, 0) is 51.0 Å². The first-order chi connectivity index (χ1) is 18.2. The van der Waals surface area contributed by atoms with E-state index in [9.17, 15) is 29.4 Å². The van der Waals surface area contributed by atoms with E-state index in [1.54, 1.807) is 0 Å². The molecule has 2 aromatic rings. The Labute approximate surface area is 221 Å². The number of nitrogens with zero attached hydrogens (tertiary/aromatic N) is 2. The Hall–Kier alpha value is -3.76. The van der Waals surface area contributed by atoms with Gasteiger partial charge in [0.1, 0.15) is 22.6 Å². The van der Waals surface area contributed by atoms with Gasteiger partial charge in [-0.25, -0.2) is 9.59 Å². The summed E-state index contributed by atoms with van der Waals surface area (Å²) in [5, 5.41) is 20.3. The van der Waals surface area contributed by atoms with Gasteiger partial charge in [0, 0.05) is 39.3 Å². The van der Waals surface area contributed by atoms with Crippen molar-refractivity contribution < 1.29 is 38.9 Å². The summed E-state index contributed by atoms with van der Waals surface area (Å²) in [5.41, 5.74) is 0.153. The summed E-state index contributed by atoms with van der Waals surface area (Å²) in [6, 6.07) is 8.86. The van der Waals surface area contributed by atoms with Crippen LogP contribution < -0.4 is 0 Å². The minimum atomic E-state index is -0.655. The fraction of sp³-hybridized carbons (Fsp3) is 0.429. The normalized spacial score (nSPS) is 14.2. The van der Waals surface area contributed by atoms with E-state index in [2.05, 4.69) is 9.80 Å². The van der Waals surface area contributed by atoms with Crippen LogP contribution in [0.15, 0.2) is 36.4 Å². The summed E-state index contributed by atoms with van der Waals surface area (Å²) in [6.45, 7) is 8.04. The predicted molar refractivity (Wildman–Crippen MR) is 139 cm³/mol. The van der Waals surface area contributed by atoms with Crippen molar-refractivity contribution in [1.29, 1.82) is 0 Å². The zero-order valence-electron chi connectivity index (χ0n) is 21.8. The fourth-order valence-corrected chi connectivity index (χ4v) is 4.28. The molecule has 0 aromatic heterocycles. The van der Waals surface area contributed by atoms with Gasteiger partial charge in [0.25, 0.3) is 0 Å². The number of aromatic hydroxyl groups is 2. The molecule has 1 aliphatic heterocycles. The Morgan fingerprint density at radius 2 is 1.00 bits per heavy atom. The first-order valence-corrected chi connectivity index (χ1v) is 12.6. The summed E-state index contributed by atoms with van der Waals surface area (Å²) in [4.78, 5) is 52.2. The third-order valence-electron chi connectivity index (χ3n) is 6.44. The van der Waals surface area contributed by atoms with Crippen LogP contribution in [0.4, 0.5) is 0 Å². The first-order valence-electron chi connectivity index (χ1n) is 12.6. The molecule has 0 radical (unpaired) electrons. The minimum absolute atomic E-state index is 0.0154. The molecular formula is C28H34N2O8. The van der Waals surface area contributed by atoms with E-state index < -0.39 is 11.9 Å². The number of ketones is 2. The number of carbonyl (C=O) groups excluding carboxylic acids is 4. The van der Waals surface area contributed by atoms with Crippen molar-refractivity contribution >= 4 is 23.5 Å². The molecule has 1 aliphatic rings. The van der Waals surface area contributed by atoms with Crippen molar-refractivity contribution in [3.8, 4) is 11.5 Å². The lowest BCUT2D eigenvalue weighted by atomic mass is 10.1. The highest BCUT2D eigenvalue weighted by Gasteiger charge is 2.20. The molecule has 10 nitrogen and oxygen atoms in total. The maximum Gasteiger partial charge on any atom is 0.341 e. The Morgan fingerprint density at radius 1 is 0.658 bits per heavy atom. The van der Waals surface area contributed by atoms with Crippen molar-refractivity contribution in [2.24, 2.45) is 0 Å². The molecule has 0 unspecified atom stereocenters. The first kappa shape index (κ1) is 28.8. The SMILES string of the molecule is CC(=O)c1cccc(C(=O)OCCCN2CCN(CCCOC(=O)c3cccc(C(C)=O)c3O)CC2)c1O. The van der Waals surface area contributed by atoms with E-state index in [0.29, 0.717) is 12.8 Å². The zero-order valence-corrected chi connectivity index (χ0v) is 21.8. The van der Waals surface area contributed by atoms with Crippen LogP contribution in [0.1, 0.15) is 68.1 Å². The maximum atomic E-state index is 12.3. The number of benzene rings is 2. The predicted octanol–water partition coefficient (Wildman–Crippen LogP) is 2.91. The molecule has 3 rings (SSSR count). The van der Waals surface area contributed by atoms with Crippen molar-refractivity contribution in [3.05, 3.63) is 58.7 Å². The number of ether oxygens (including phenoxy) is 2. The van der Waals surface area contributed by atoms with Crippen LogP contribution in [0.3, 0.4) is 0 Å². The topological polar surface area (TPSA) is 134 Å². The van der Waals surface area contributed by atoms with Crippen molar-refractivity contribution in [2.45, 2.75) is 26.7 Å². The third-order valence-corrected chi connectivity index (χ3v) is 6.44. The molecule has 2 aromatic carbocycles. The molecule has 0 amide bonds. The molecule has 0 spiro atoms. The van der Waals surface area contributed by atoms with Crippen LogP contribution in [0.2, 0.25) is 0 Å². The van der Waals surface area contributed by atoms with Gasteiger partial charge in [0.15, 0.2) is 11.6 Å². The number of phenols is 2. The molecule has 2 N–H and O–H groups in total. The van der Waals surface area contributed by atoms with Gasteiger partial charge >= 0.3 is 11.9 Å². The number of esters is 2. The van der Waals surface area contributed by atoms with Gasteiger partial charge in [-0.1, -0.05) is 12.1 Å². The highest BCUT2D eigenvalue weighted by molar-refractivity contribution is 6.02. The second kappa shape index (κ2) is 13.7. The lowest BCUT2D eigenvalue weighted by Gasteiger charge is -2.34. The van der Waals surface area contributed by atoms with Crippen molar-refractivity contribution in [2.75, 3.05) is 52.5 Å². The maximum absolute atomic E-state index is 12.3. The highest BCUT2D eigenvalue weighted by atomic mass is 16.5. The van der Waals surface area contributed by atoms with E-state index >= 15 is 0 Å². The smallest absolute Gasteiger partial charge is 0.341 e. The Balaban J connectivity index is 1.30. The molecular weight excluding hydrogens is 492 g/mol. The molecule has 0 bridgehead atoms. The van der Waals surface area contributed by atoms with Crippen molar-refractivity contribution in [3.63, 3.8) is 0 Å². The largest absolute Gasteiger partial charge is 0.506 e. The monoisotopic (exact) mass is 526 g/mol.